The molecule has 4 amide bonds. The third-order valence-corrected chi connectivity index (χ3v) is 11.3. The van der Waals surface area contributed by atoms with Crippen LogP contribution in [-0.2, 0) is 59.3 Å². The van der Waals surface area contributed by atoms with Gasteiger partial charge in [0.2, 0.25) is 23.6 Å². The fourth-order valence-corrected chi connectivity index (χ4v) is 7.62. The second-order valence-electron chi connectivity index (χ2n) is 16.6. The summed E-state index contributed by atoms with van der Waals surface area (Å²) in [5.74, 6) is -1.51. The zero-order valence-electron chi connectivity index (χ0n) is 35.9. The fraction of sp³-hybridized carbons (Fsp3) is 0.522. The summed E-state index contributed by atoms with van der Waals surface area (Å²) in [6.07, 6.45) is 1.76. The van der Waals surface area contributed by atoms with Crippen molar-refractivity contribution in [2.75, 3.05) is 26.2 Å². The SMILES string of the molecule is C=C([C@H](CC(C)C)NC(=O)[C@H](Cc1ccccc1)N1C(=O)[C@@H](NC(=O)[C@H](CCc2ccccc2)NC(=O)Cc2cc(COC(=O)CN(CC)CC)on2)CC1C)C1(C)CO1. The second kappa shape index (κ2) is 21.3. The van der Waals surface area contributed by atoms with Crippen LogP contribution in [0.3, 0.4) is 0 Å². The Morgan fingerprint density at radius 1 is 0.983 bits per heavy atom. The number of amides is 4. The lowest BCUT2D eigenvalue weighted by molar-refractivity contribution is -0.146. The zero-order chi connectivity index (χ0) is 43.4. The summed E-state index contributed by atoms with van der Waals surface area (Å²) < 4.78 is 16.3. The van der Waals surface area contributed by atoms with Crippen molar-refractivity contribution in [1.82, 2.24) is 30.9 Å². The Hall–Kier alpha value is -5.34. The van der Waals surface area contributed by atoms with Crippen LogP contribution >= 0.6 is 0 Å². The Labute approximate surface area is 353 Å². The molecule has 0 radical (unpaired) electrons. The van der Waals surface area contributed by atoms with Crippen molar-refractivity contribution in [2.24, 2.45) is 5.92 Å². The summed E-state index contributed by atoms with van der Waals surface area (Å²) in [7, 11) is 0. The van der Waals surface area contributed by atoms with Gasteiger partial charge in [-0.2, -0.15) is 0 Å². The molecule has 2 aliphatic rings. The van der Waals surface area contributed by atoms with Crippen molar-refractivity contribution in [3.63, 3.8) is 0 Å². The predicted molar refractivity (Wildman–Crippen MR) is 226 cm³/mol. The number of rotatable bonds is 23. The van der Waals surface area contributed by atoms with Crippen LogP contribution in [0, 0.1) is 5.92 Å². The minimum Gasteiger partial charge on any atom is -0.456 e. The third-order valence-electron chi connectivity index (χ3n) is 11.3. The van der Waals surface area contributed by atoms with Crippen LogP contribution in [0.4, 0.5) is 0 Å². The van der Waals surface area contributed by atoms with Gasteiger partial charge in [0.05, 0.1) is 31.3 Å². The normalized spacial score (nSPS) is 20.1. The van der Waals surface area contributed by atoms with E-state index in [0.717, 1.165) is 16.7 Å². The molecule has 2 unspecified atom stereocenters. The molecule has 2 fully saturated rings. The lowest BCUT2D eigenvalue weighted by Crippen LogP contribution is -2.56. The molecule has 0 saturated carbocycles. The van der Waals surface area contributed by atoms with E-state index < -0.39 is 41.5 Å². The average Bonchev–Trinajstić information content (AvgIpc) is 3.72. The first-order valence-corrected chi connectivity index (χ1v) is 21.1. The van der Waals surface area contributed by atoms with Crippen molar-refractivity contribution in [3.8, 4) is 0 Å². The van der Waals surface area contributed by atoms with Crippen LogP contribution < -0.4 is 16.0 Å². The van der Waals surface area contributed by atoms with Gasteiger partial charge in [-0.25, -0.2) is 0 Å². The number of esters is 1. The molecule has 0 spiro atoms. The van der Waals surface area contributed by atoms with Gasteiger partial charge in [-0.15, -0.1) is 0 Å². The zero-order valence-corrected chi connectivity index (χ0v) is 35.9. The maximum atomic E-state index is 14.4. The van der Waals surface area contributed by atoms with E-state index in [1.54, 1.807) is 11.0 Å². The van der Waals surface area contributed by atoms with Gasteiger partial charge < -0.3 is 34.8 Å². The van der Waals surface area contributed by atoms with E-state index in [4.69, 9.17) is 14.0 Å². The van der Waals surface area contributed by atoms with Crippen molar-refractivity contribution in [3.05, 3.63) is 101 Å². The van der Waals surface area contributed by atoms with E-state index in [-0.39, 0.29) is 74.4 Å². The number of hydrogen-bond acceptors (Lipinski definition) is 10. The number of benzene rings is 2. The number of ether oxygens (including phenoxy) is 2. The summed E-state index contributed by atoms with van der Waals surface area (Å²) in [5.41, 5.74) is 2.48. The predicted octanol–water partition coefficient (Wildman–Crippen LogP) is 4.31. The molecule has 1 aromatic heterocycles. The molecular weight excluding hydrogens is 765 g/mol. The molecule has 3 N–H and O–H groups in total. The first kappa shape index (κ1) is 45.7. The summed E-state index contributed by atoms with van der Waals surface area (Å²) in [4.78, 5) is 72.0. The monoisotopic (exact) mass is 826 g/mol. The standard InChI is InChI=1S/C46H62N6O8/c1-8-51(9-2)27-42(54)58-28-36-25-35(50-60-36)26-41(53)47-37(21-20-33-16-12-10-13-17-33)43(55)49-39-23-31(5)52(45(39)57)40(24-34-18-14-11-15-19-34)44(56)48-38(22-30(3)4)32(6)46(7)29-59-46/h10-19,25,30-31,37-40H,6,8-9,20-24,26-29H2,1-5,7H3,(H,47,53)(H,48,56)(H,49,55)/t31?,37-,38-,39-,40-,46?/m0/s1. The topological polar surface area (TPSA) is 176 Å². The van der Waals surface area contributed by atoms with E-state index in [1.807, 2.05) is 93.3 Å². The lowest BCUT2D eigenvalue weighted by atomic mass is 9.90. The van der Waals surface area contributed by atoms with Crippen molar-refractivity contribution in [1.29, 1.82) is 0 Å². The van der Waals surface area contributed by atoms with Crippen LogP contribution in [0.5, 0.6) is 0 Å². The van der Waals surface area contributed by atoms with Crippen LogP contribution in [0.1, 0.15) is 83.4 Å². The molecule has 2 saturated heterocycles. The summed E-state index contributed by atoms with van der Waals surface area (Å²) >= 11 is 0. The molecule has 5 rings (SSSR count). The number of epoxide rings is 1. The first-order chi connectivity index (χ1) is 28.7. The number of hydrogen-bond donors (Lipinski definition) is 3. The molecule has 324 valence electrons. The Balaban J connectivity index is 1.27. The van der Waals surface area contributed by atoms with Gasteiger partial charge in [0.15, 0.2) is 12.4 Å². The maximum Gasteiger partial charge on any atom is 0.320 e. The van der Waals surface area contributed by atoms with Crippen LogP contribution in [0.15, 0.2) is 83.4 Å². The Kier molecular flexibility index (Phi) is 16.2. The van der Waals surface area contributed by atoms with E-state index >= 15 is 0 Å². The highest BCUT2D eigenvalue weighted by molar-refractivity contribution is 5.96. The second-order valence-corrected chi connectivity index (χ2v) is 16.6. The number of nitrogens with one attached hydrogen (secondary N) is 3. The van der Waals surface area contributed by atoms with Gasteiger partial charge >= 0.3 is 5.97 Å². The van der Waals surface area contributed by atoms with Gasteiger partial charge in [0.25, 0.3) is 0 Å². The van der Waals surface area contributed by atoms with E-state index in [9.17, 15) is 24.0 Å². The van der Waals surface area contributed by atoms with E-state index in [1.165, 1.54) is 0 Å². The van der Waals surface area contributed by atoms with E-state index in [2.05, 4.69) is 41.5 Å². The Bertz CT molecular complexity index is 1930. The number of likely N-dealkylation sites (N-methyl/N-ethyl adjacent to an activating group) is 1. The summed E-state index contributed by atoms with van der Waals surface area (Å²) in [5, 5.41) is 13.0. The first-order valence-electron chi connectivity index (χ1n) is 21.1. The van der Waals surface area contributed by atoms with Crippen LogP contribution in [-0.4, -0.2) is 107 Å². The smallest absolute Gasteiger partial charge is 0.320 e. The number of aryl methyl sites for hydroxylation is 1. The van der Waals surface area contributed by atoms with Crippen LogP contribution in [0.25, 0.3) is 0 Å². The molecule has 0 aliphatic carbocycles. The molecule has 3 aromatic rings. The fourth-order valence-electron chi connectivity index (χ4n) is 7.62. The molecule has 3 heterocycles. The minimum absolute atomic E-state index is 0.127. The van der Waals surface area contributed by atoms with Gasteiger partial charge in [0, 0.05) is 18.5 Å². The number of carbonyl (C=O) groups excluding carboxylic acids is 5. The highest BCUT2D eigenvalue weighted by Gasteiger charge is 2.47. The molecule has 2 aliphatic heterocycles. The molecule has 2 aromatic carbocycles. The van der Waals surface area contributed by atoms with Gasteiger partial charge in [-0.3, -0.25) is 28.9 Å². The Morgan fingerprint density at radius 2 is 1.63 bits per heavy atom. The van der Waals surface area contributed by atoms with Gasteiger partial charge in [-0.05, 0) is 75.2 Å². The van der Waals surface area contributed by atoms with Crippen molar-refractivity contribution < 1.29 is 38.0 Å². The lowest BCUT2D eigenvalue weighted by Gasteiger charge is -2.33. The Morgan fingerprint density at radius 3 is 2.25 bits per heavy atom. The number of aromatic nitrogens is 1. The largest absolute Gasteiger partial charge is 0.456 e. The molecule has 60 heavy (non-hydrogen) atoms. The van der Waals surface area contributed by atoms with Gasteiger partial charge in [-0.1, -0.05) is 100 Å². The van der Waals surface area contributed by atoms with Crippen molar-refractivity contribution >= 4 is 29.6 Å². The highest BCUT2D eigenvalue weighted by Crippen LogP contribution is 2.37. The molecule has 6 atom stereocenters. The summed E-state index contributed by atoms with van der Waals surface area (Å²) in [6.45, 7) is 18.2. The quantitative estimate of drug-likeness (QED) is 0.0710. The van der Waals surface area contributed by atoms with Crippen molar-refractivity contribution in [2.45, 2.75) is 122 Å². The van der Waals surface area contributed by atoms with Crippen LogP contribution in [0.2, 0.25) is 0 Å². The average molecular weight is 827 g/mol. The molecule has 14 nitrogen and oxygen atoms in total. The molecular formula is C46H62N6O8. The summed E-state index contributed by atoms with van der Waals surface area (Å²) in [6, 6.07) is 17.2. The highest BCUT2D eigenvalue weighted by atomic mass is 16.6. The maximum absolute atomic E-state index is 14.4. The number of nitrogens with zero attached hydrogens (tertiary/aromatic N) is 3. The van der Waals surface area contributed by atoms with Gasteiger partial charge in [0.1, 0.15) is 23.7 Å². The minimum atomic E-state index is -0.987. The van der Waals surface area contributed by atoms with E-state index in [0.29, 0.717) is 38.2 Å². The number of carbonyl (C=O) groups is 5. The number of likely N-dealkylation sites (tertiary alicyclic amines) is 1. The molecule has 0 bridgehead atoms. The third kappa shape index (κ3) is 12.8. The molecule has 14 heteroatoms.